The number of nitrogens with two attached hydrogens (primary N) is 1. The molecule has 5 nitrogen and oxygen atoms in total. The van der Waals surface area contributed by atoms with Crippen LogP contribution in [0.5, 0.6) is 0 Å². The van der Waals surface area contributed by atoms with Crippen molar-refractivity contribution in [2.45, 2.75) is 13.3 Å². The van der Waals surface area contributed by atoms with Gasteiger partial charge in [-0.2, -0.15) is 0 Å². The quantitative estimate of drug-likeness (QED) is 0.841. The first-order chi connectivity index (χ1) is 8.90. The summed E-state index contributed by atoms with van der Waals surface area (Å²) in [6, 6.07) is 5.62. The minimum atomic E-state index is -0.542. The monoisotopic (exact) mass is 260 g/mol. The fourth-order valence-corrected chi connectivity index (χ4v) is 2.04. The SMILES string of the molecule is Cc1c(CC(N)=O)c(=O)oc2cc(N(C)C)ccc12. The van der Waals surface area contributed by atoms with Crippen molar-refractivity contribution in [2.24, 2.45) is 5.73 Å². The van der Waals surface area contributed by atoms with Crippen molar-refractivity contribution in [1.82, 2.24) is 0 Å². The molecule has 2 rings (SSSR count). The summed E-state index contributed by atoms with van der Waals surface area (Å²) in [5.41, 5.74) is 7.18. The summed E-state index contributed by atoms with van der Waals surface area (Å²) in [4.78, 5) is 24.8. The molecule has 1 heterocycles. The van der Waals surface area contributed by atoms with E-state index in [1.807, 2.05) is 31.1 Å². The molecule has 19 heavy (non-hydrogen) atoms. The Bertz CT molecular complexity index is 702. The van der Waals surface area contributed by atoms with Gasteiger partial charge in [0.2, 0.25) is 5.91 Å². The van der Waals surface area contributed by atoms with E-state index in [0.717, 1.165) is 16.6 Å². The minimum Gasteiger partial charge on any atom is -0.422 e. The Balaban J connectivity index is 2.69. The fourth-order valence-electron chi connectivity index (χ4n) is 2.04. The van der Waals surface area contributed by atoms with Gasteiger partial charge in [0, 0.05) is 31.2 Å². The average Bonchev–Trinajstić information content (AvgIpc) is 2.33. The summed E-state index contributed by atoms with van der Waals surface area (Å²) in [7, 11) is 3.82. The number of hydrogen-bond acceptors (Lipinski definition) is 4. The maximum Gasteiger partial charge on any atom is 0.340 e. The highest BCUT2D eigenvalue weighted by atomic mass is 16.4. The molecule has 2 N–H and O–H groups in total. The number of benzene rings is 1. The lowest BCUT2D eigenvalue weighted by Crippen LogP contribution is -2.20. The van der Waals surface area contributed by atoms with Crippen molar-refractivity contribution in [3.05, 3.63) is 39.7 Å². The van der Waals surface area contributed by atoms with Crippen LogP contribution in [0.15, 0.2) is 27.4 Å². The third-order valence-electron chi connectivity index (χ3n) is 3.14. The van der Waals surface area contributed by atoms with Crippen molar-refractivity contribution < 1.29 is 9.21 Å². The second-order valence-corrected chi connectivity index (χ2v) is 4.71. The van der Waals surface area contributed by atoms with E-state index in [1.165, 1.54) is 0 Å². The van der Waals surface area contributed by atoms with Crippen LogP contribution in [0.3, 0.4) is 0 Å². The Labute approximate surface area is 110 Å². The molecule has 0 spiro atoms. The molecule has 5 heteroatoms. The zero-order chi connectivity index (χ0) is 14.2. The van der Waals surface area contributed by atoms with Crippen LogP contribution in [0.4, 0.5) is 5.69 Å². The Hall–Kier alpha value is -2.30. The minimum absolute atomic E-state index is 0.0977. The van der Waals surface area contributed by atoms with Crippen LogP contribution >= 0.6 is 0 Å². The van der Waals surface area contributed by atoms with Crippen molar-refractivity contribution in [1.29, 1.82) is 0 Å². The number of amides is 1. The molecule has 0 aliphatic rings. The van der Waals surface area contributed by atoms with Gasteiger partial charge in [-0.15, -0.1) is 0 Å². The second-order valence-electron chi connectivity index (χ2n) is 4.71. The molecule has 0 saturated heterocycles. The summed E-state index contributed by atoms with van der Waals surface area (Å²) >= 11 is 0. The Morgan fingerprint density at radius 2 is 2.05 bits per heavy atom. The zero-order valence-corrected chi connectivity index (χ0v) is 11.2. The molecule has 1 aromatic heterocycles. The number of primary amides is 1. The van der Waals surface area contributed by atoms with Crippen LogP contribution < -0.4 is 16.3 Å². The van der Waals surface area contributed by atoms with Gasteiger partial charge in [-0.25, -0.2) is 4.79 Å². The van der Waals surface area contributed by atoms with Crippen LogP contribution in [-0.2, 0) is 11.2 Å². The average molecular weight is 260 g/mol. The Morgan fingerprint density at radius 1 is 1.37 bits per heavy atom. The van der Waals surface area contributed by atoms with Crippen molar-refractivity contribution >= 4 is 22.6 Å². The first kappa shape index (κ1) is 13.1. The molecule has 0 atom stereocenters. The van der Waals surface area contributed by atoms with Gasteiger partial charge in [0.1, 0.15) is 5.58 Å². The predicted molar refractivity (Wildman–Crippen MR) is 74.4 cm³/mol. The smallest absolute Gasteiger partial charge is 0.340 e. The number of carbonyl (C=O) groups excluding carboxylic acids is 1. The normalized spacial score (nSPS) is 10.7. The molecular formula is C14H16N2O3. The maximum atomic E-state index is 11.9. The van der Waals surface area contributed by atoms with Gasteiger partial charge in [-0.1, -0.05) is 0 Å². The largest absolute Gasteiger partial charge is 0.422 e. The van der Waals surface area contributed by atoms with Crippen molar-refractivity contribution in [2.75, 3.05) is 19.0 Å². The summed E-state index contributed by atoms with van der Waals surface area (Å²) in [5.74, 6) is -0.542. The van der Waals surface area contributed by atoms with Gasteiger partial charge < -0.3 is 15.1 Å². The zero-order valence-electron chi connectivity index (χ0n) is 11.2. The van der Waals surface area contributed by atoms with E-state index in [9.17, 15) is 9.59 Å². The molecular weight excluding hydrogens is 244 g/mol. The van der Waals surface area contributed by atoms with Crippen LogP contribution in [0, 0.1) is 6.92 Å². The number of rotatable bonds is 3. The highest BCUT2D eigenvalue weighted by Crippen LogP contribution is 2.24. The summed E-state index contributed by atoms with van der Waals surface area (Å²) < 4.78 is 5.28. The fraction of sp³-hybridized carbons (Fsp3) is 0.286. The van der Waals surface area contributed by atoms with E-state index >= 15 is 0 Å². The maximum absolute atomic E-state index is 11.9. The lowest BCUT2D eigenvalue weighted by molar-refractivity contribution is -0.117. The van der Waals surface area contributed by atoms with Crippen LogP contribution in [0.2, 0.25) is 0 Å². The number of nitrogens with zero attached hydrogens (tertiary/aromatic N) is 1. The van der Waals surface area contributed by atoms with Gasteiger partial charge >= 0.3 is 5.63 Å². The Morgan fingerprint density at radius 3 is 2.63 bits per heavy atom. The number of anilines is 1. The van der Waals surface area contributed by atoms with Gasteiger partial charge in [0.15, 0.2) is 0 Å². The van der Waals surface area contributed by atoms with Gasteiger partial charge in [0.25, 0.3) is 0 Å². The van der Waals surface area contributed by atoms with E-state index in [2.05, 4.69) is 0 Å². The highest BCUT2D eigenvalue weighted by Gasteiger charge is 2.13. The third-order valence-corrected chi connectivity index (χ3v) is 3.14. The lowest BCUT2D eigenvalue weighted by atomic mass is 10.0. The molecule has 100 valence electrons. The van der Waals surface area contributed by atoms with Crippen LogP contribution in [0.25, 0.3) is 11.0 Å². The summed E-state index contributed by atoms with van der Waals surface area (Å²) in [6.07, 6.45) is -0.0977. The van der Waals surface area contributed by atoms with E-state index in [1.54, 1.807) is 13.0 Å². The highest BCUT2D eigenvalue weighted by molar-refractivity contribution is 5.86. The molecule has 1 aromatic carbocycles. The topological polar surface area (TPSA) is 76.5 Å². The lowest BCUT2D eigenvalue weighted by Gasteiger charge is -2.13. The first-order valence-corrected chi connectivity index (χ1v) is 5.92. The standard InChI is InChI=1S/C14H16N2O3/c1-8-10-5-4-9(16(2)3)6-12(10)19-14(18)11(8)7-13(15)17/h4-6H,7H2,1-3H3,(H2,15,17). The number of hydrogen-bond donors (Lipinski definition) is 1. The molecule has 0 bridgehead atoms. The van der Waals surface area contributed by atoms with E-state index in [4.69, 9.17) is 10.2 Å². The Kier molecular flexibility index (Phi) is 3.29. The van der Waals surface area contributed by atoms with E-state index in [-0.39, 0.29) is 6.42 Å². The molecule has 1 amide bonds. The number of fused-ring (bicyclic) bond motifs is 1. The third kappa shape index (κ3) is 2.45. The predicted octanol–water partition coefficient (Wildman–Crippen LogP) is 1.20. The number of aryl methyl sites for hydroxylation is 1. The molecule has 0 unspecified atom stereocenters. The van der Waals surface area contributed by atoms with Crippen molar-refractivity contribution in [3.8, 4) is 0 Å². The van der Waals surface area contributed by atoms with E-state index < -0.39 is 11.5 Å². The second kappa shape index (κ2) is 4.76. The van der Waals surface area contributed by atoms with Crippen LogP contribution in [0.1, 0.15) is 11.1 Å². The van der Waals surface area contributed by atoms with Crippen LogP contribution in [-0.4, -0.2) is 20.0 Å². The van der Waals surface area contributed by atoms with Crippen molar-refractivity contribution in [3.63, 3.8) is 0 Å². The van der Waals surface area contributed by atoms with E-state index in [0.29, 0.717) is 11.1 Å². The van der Waals surface area contributed by atoms with Gasteiger partial charge in [-0.05, 0) is 24.6 Å². The van der Waals surface area contributed by atoms with Gasteiger partial charge in [-0.3, -0.25) is 4.79 Å². The molecule has 0 aliphatic heterocycles. The molecule has 0 radical (unpaired) electrons. The summed E-state index contributed by atoms with van der Waals surface area (Å²) in [5, 5.41) is 0.821. The first-order valence-electron chi connectivity index (χ1n) is 5.92. The van der Waals surface area contributed by atoms with Gasteiger partial charge in [0.05, 0.1) is 12.0 Å². The molecule has 2 aromatic rings. The summed E-state index contributed by atoms with van der Waals surface area (Å²) in [6.45, 7) is 1.80. The number of carbonyl (C=O) groups is 1. The molecule has 0 aliphatic carbocycles. The molecule has 0 saturated carbocycles. The molecule has 0 fully saturated rings.